The average Bonchev–Trinajstić information content (AvgIpc) is 1.90. The number of hydrogen-bond donors (Lipinski definition) is 4. The Balaban J connectivity index is 3.74. The molecule has 0 amide bonds. The molecule has 0 atom stereocenters. The van der Waals surface area contributed by atoms with Gasteiger partial charge in [0.2, 0.25) is 0 Å². The van der Waals surface area contributed by atoms with Crippen LogP contribution in [0, 0.1) is 0 Å². The summed E-state index contributed by atoms with van der Waals surface area (Å²) in [5.41, 5.74) is 8.37. The summed E-state index contributed by atoms with van der Waals surface area (Å²) in [7, 11) is 0. The standard InChI is InChI=1S/C4H9N3S3/c5-4(10)7-6-3(1-8)2-9/h8-9H,1-2H2,(H3,5,7,10). The van der Waals surface area contributed by atoms with Gasteiger partial charge in [0.25, 0.3) is 0 Å². The highest BCUT2D eigenvalue weighted by atomic mass is 32.1. The molecule has 0 aliphatic rings. The fraction of sp³-hybridized carbons (Fsp3) is 0.500. The van der Waals surface area contributed by atoms with Gasteiger partial charge in [0.15, 0.2) is 5.11 Å². The van der Waals surface area contributed by atoms with E-state index in [0.717, 1.165) is 5.71 Å². The van der Waals surface area contributed by atoms with Gasteiger partial charge < -0.3 is 5.73 Å². The summed E-state index contributed by atoms with van der Waals surface area (Å²) in [6.07, 6.45) is 0. The van der Waals surface area contributed by atoms with Gasteiger partial charge in [-0.2, -0.15) is 30.4 Å². The lowest BCUT2D eigenvalue weighted by Gasteiger charge is -1.98. The van der Waals surface area contributed by atoms with Crippen molar-refractivity contribution in [1.82, 2.24) is 5.43 Å². The minimum Gasteiger partial charge on any atom is -0.375 e. The number of nitrogens with two attached hydrogens (primary N) is 1. The summed E-state index contributed by atoms with van der Waals surface area (Å²) in [5.74, 6) is 1.11. The van der Waals surface area contributed by atoms with Crippen LogP contribution >= 0.6 is 37.5 Å². The Bertz CT molecular complexity index is 139. The quantitative estimate of drug-likeness (QED) is 0.222. The fourth-order valence-corrected chi connectivity index (χ4v) is 0.842. The monoisotopic (exact) mass is 195 g/mol. The molecule has 0 aromatic rings. The highest BCUT2D eigenvalue weighted by Gasteiger charge is 1.91. The average molecular weight is 195 g/mol. The van der Waals surface area contributed by atoms with Crippen molar-refractivity contribution in [1.29, 1.82) is 0 Å². The van der Waals surface area contributed by atoms with Gasteiger partial charge in [-0.25, -0.2) is 0 Å². The van der Waals surface area contributed by atoms with E-state index in [1.54, 1.807) is 0 Å². The normalized spacial score (nSPS) is 8.60. The zero-order valence-corrected chi connectivity index (χ0v) is 7.85. The van der Waals surface area contributed by atoms with E-state index in [2.05, 4.69) is 48.0 Å². The van der Waals surface area contributed by atoms with Crippen LogP contribution in [-0.2, 0) is 0 Å². The number of rotatable bonds is 3. The molecule has 0 heterocycles. The SMILES string of the molecule is NC(=S)NN=C(CS)CS. The van der Waals surface area contributed by atoms with E-state index in [1.165, 1.54) is 0 Å². The molecule has 0 bridgehead atoms. The number of thiol groups is 2. The van der Waals surface area contributed by atoms with Crippen molar-refractivity contribution in [2.75, 3.05) is 11.5 Å². The summed E-state index contributed by atoms with van der Waals surface area (Å²) >= 11 is 12.5. The minimum absolute atomic E-state index is 0.154. The minimum atomic E-state index is 0.154. The van der Waals surface area contributed by atoms with Crippen LogP contribution in [0.4, 0.5) is 0 Å². The molecule has 0 rings (SSSR count). The second-order valence-corrected chi connectivity index (χ2v) is 2.54. The molecule has 10 heavy (non-hydrogen) atoms. The highest BCUT2D eigenvalue weighted by Crippen LogP contribution is 1.84. The molecule has 3 N–H and O–H groups in total. The molecular weight excluding hydrogens is 186 g/mol. The molecular formula is C4H9N3S3. The molecule has 0 spiro atoms. The molecule has 0 aromatic carbocycles. The maximum atomic E-state index is 5.11. The first-order valence-corrected chi connectivity index (χ1v) is 4.20. The molecule has 0 aliphatic heterocycles. The Labute approximate surface area is 76.3 Å². The Kier molecular flexibility index (Phi) is 5.85. The molecule has 0 aliphatic carbocycles. The van der Waals surface area contributed by atoms with E-state index in [0.29, 0.717) is 11.5 Å². The summed E-state index contributed by atoms with van der Waals surface area (Å²) < 4.78 is 0. The zero-order chi connectivity index (χ0) is 7.98. The number of nitrogens with one attached hydrogen (secondary N) is 1. The third kappa shape index (κ3) is 4.89. The number of nitrogens with zero attached hydrogens (tertiary/aromatic N) is 1. The van der Waals surface area contributed by atoms with E-state index >= 15 is 0 Å². The Hall–Kier alpha value is 0.0600. The third-order valence-electron chi connectivity index (χ3n) is 0.689. The van der Waals surface area contributed by atoms with Crippen molar-refractivity contribution in [3.63, 3.8) is 0 Å². The first kappa shape index (κ1) is 10.1. The molecule has 0 radical (unpaired) electrons. The van der Waals surface area contributed by atoms with Crippen molar-refractivity contribution in [2.45, 2.75) is 0 Å². The topological polar surface area (TPSA) is 50.4 Å². The van der Waals surface area contributed by atoms with Gasteiger partial charge in [0.05, 0.1) is 5.71 Å². The van der Waals surface area contributed by atoms with E-state index in [4.69, 9.17) is 5.73 Å². The first-order chi connectivity index (χ1) is 4.70. The first-order valence-electron chi connectivity index (χ1n) is 2.53. The fourth-order valence-electron chi connectivity index (χ4n) is 0.255. The summed E-state index contributed by atoms with van der Waals surface area (Å²) in [5, 5.41) is 3.96. The Morgan fingerprint density at radius 2 is 2.00 bits per heavy atom. The van der Waals surface area contributed by atoms with E-state index in [1.807, 2.05) is 0 Å². The van der Waals surface area contributed by atoms with Crippen LogP contribution in [0.25, 0.3) is 0 Å². The van der Waals surface area contributed by atoms with Gasteiger partial charge in [0, 0.05) is 11.5 Å². The van der Waals surface area contributed by atoms with Gasteiger partial charge in [-0.3, -0.25) is 5.43 Å². The van der Waals surface area contributed by atoms with Crippen molar-refractivity contribution in [3.8, 4) is 0 Å². The number of hydrogen-bond acceptors (Lipinski definition) is 4. The van der Waals surface area contributed by atoms with Crippen molar-refractivity contribution in [3.05, 3.63) is 0 Å². The molecule has 3 nitrogen and oxygen atoms in total. The maximum absolute atomic E-state index is 5.11. The van der Waals surface area contributed by atoms with Crippen LogP contribution in [0.1, 0.15) is 0 Å². The lowest BCUT2D eigenvalue weighted by molar-refractivity contribution is 1.03. The van der Waals surface area contributed by atoms with E-state index < -0.39 is 0 Å². The largest absolute Gasteiger partial charge is 0.375 e. The number of hydrazone groups is 1. The van der Waals surface area contributed by atoms with Gasteiger partial charge in [-0.15, -0.1) is 0 Å². The molecule has 0 unspecified atom stereocenters. The summed E-state index contributed by atoms with van der Waals surface area (Å²) in [6.45, 7) is 0. The van der Waals surface area contributed by atoms with Crippen molar-refractivity contribution < 1.29 is 0 Å². The van der Waals surface area contributed by atoms with Crippen LogP contribution in [0.15, 0.2) is 5.10 Å². The van der Waals surface area contributed by atoms with Gasteiger partial charge >= 0.3 is 0 Å². The predicted molar refractivity (Wildman–Crippen MR) is 55.1 cm³/mol. The third-order valence-corrected chi connectivity index (χ3v) is 1.51. The molecule has 0 saturated heterocycles. The van der Waals surface area contributed by atoms with Crippen molar-refractivity contribution >= 4 is 48.3 Å². The molecule has 0 saturated carbocycles. The van der Waals surface area contributed by atoms with Gasteiger partial charge in [-0.05, 0) is 12.2 Å². The molecule has 6 heteroatoms. The predicted octanol–water partition coefficient (Wildman–Crippen LogP) is 0.0352. The Morgan fingerprint density at radius 3 is 2.30 bits per heavy atom. The van der Waals surface area contributed by atoms with Gasteiger partial charge in [-0.1, -0.05) is 0 Å². The lowest BCUT2D eigenvalue weighted by Crippen LogP contribution is -2.26. The van der Waals surface area contributed by atoms with Crippen LogP contribution in [-0.4, -0.2) is 22.3 Å². The molecule has 58 valence electrons. The summed E-state index contributed by atoms with van der Waals surface area (Å²) in [4.78, 5) is 0. The number of thiocarbonyl (C=S) groups is 1. The maximum Gasteiger partial charge on any atom is 0.184 e. The van der Waals surface area contributed by atoms with Crippen LogP contribution < -0.4 is 11.2 Å². The highest BCUT2D eigenvalue weighted by molar-refractivity contribution is 7.82. The van der Waals surface area contributed by atoms with Crippen LogP contribution in [0.2, 0.25) is 0 Å². The van der Waals surface area contributed by atoms with Crippen LogP contribution in [0.3, 0.4) is 0 Å². The van der Waals surface area contributed by atoms with Crippen molar-refractivity contribution in [2.24, 2.45) is 10.8 Å². The van der Waals surface area contributed by atoms with Gasteiger partial charge in [0.1, 0.15) is 0 Å². The van der Waals surface area contributed by atoms with Crippen LogP contribution in [0.5, 0.6) is 0 Å². The lowest BCUT2D eigenvalue weighted by atomic mass is 10.5. The van der Waals surface area contributed by atoms with E-state index in [-0.39, 0.29) is 5.11 Å². The zero-order valence-electron chi connectivity index (χ0n) is 5.24. The second-order valence-electron chi connectivity index (χ2n) is 1.47. The van der Waals surface area contributed by atoms with E-state index in [9.17, 15) is 0 Å². The molecule has 0 fully saturated rings. The molecule has 0 aromatic heterocycles. The summed E-state index contributed by atoms with van der Waals surface area (Å²) in [6, 6.07) is 0. The Morgan fingerprint density at radius 1 is 1.50 bits per heavy atom. The second kappa shape index (κ2) is 5.82. The smallest absolute Gasteiger partial charge is 0.184 e.